The van der Waals surface area contributed by atoms with Gasteiger partial charge in [-0.3, -0.25) is 4.79 Å². The molecule has 0 aliphatic carbocycles. The predicted octanol–water partition coefficient (Wildman–Crippen LogP) is 2.28. The van der Waals surface area contributed by atoms with Crippen molar-refractivity contribution in [2.75, 3.05) is 32.2 Å². The number of hydrogen-bond acceptors (Lipinski definition) is 4. The number of carbonyl (C=O) groups is 1. The van der Waals surface area contributed by atoms with Gasteiger partial charge in [-0.25, -0.2) is 13.1 Å². The molecule has 0 bridgehead atoms. The number of carbonyl (C=O) groups excluding carboxylic acids is 1. The zero-order valence-electron chi connectivity index (χ0n) is 14.3. The van der Waals surface area contributed by atoms with Crippen LogP contribution in [0.25, 0.3) is 0 Å². The average Bonchev–Trinajstić information content (AvgIpc) is 2.65. The van der Waals surface area contributed by atoms with Crippen LogP contribution in [0.15, 0.2) is 59.5 Å². The normalized spacial score (nSPS) is 11.3. The molecule has 0 heterocycles. The topological polar surface area (TPSA) is 75.7 Å². The second kappa shape index (κ2) is 8.75. The van der Waals surface area contributed by atoms with Crippen LogP contribution >= 0.6 is 0 Å². The van der Waals surface area contributed by atoms with Crippen LogP contribution in [0.1, 0.15) is 16.8 Å². The van der Waals surface area contributed by atoms with E-state index >= 15 is 0 Å². The summed E-state index contributed by atoms with van der Waals surface area (Å²) in [6, 6.07) is 15.2. The average molecular weight is 362 g/mol. The largest absolute Gasteiger partial charge is 0.385 e. The number of nitrogens with one attached hydrogen (secondary N) is 1. The number of ether oxygens (including phenoxy) is 1. The Bertz CT molecular complexity index is 790. The van der Waals surface area contributed by atoms with E-state index in [1.165, 1.54) is 29.2 Å². The monoisotopic (exact) mass is 362 g/mol. The minimum absolute atomic E-state index is 0.129. The van der Waals surface area contributed by atoms with E-state index in [0.29, 0.717) is 25.1 Å². The molecule has 0 atom stereocenters. The fraction of sp³-hybridized carbons (Fsp3) is 0.278. The van der Waals surface area contributed by atoms with Crippen molar-refractivity contribution >= 4 is 21.6 Å². The zero-order chi connectivity index (χ0) is 18.3. The Labute approximate surface area is 148 Å². The van der Waals surface area contributed by atoms with Crippen molar-refractivity contribution in [1.82, 2.24) is 4.72 Å². The summed E-state index contributed by atoms with van der Waals surface area (Å²) in [7, 11) is -0.340. The minimum atomic E-state index is -3.59. The van der Waals surface area contributed by atoms with Crippen LogP contribution in [-0.2, 0) is 14.8 Å². The van der Waals surface area contributed by atoms with E-state index in [1.54, 1.807) is 14.2 Å². The summed E-state index contributed by atoms with van der Waals surface area (Å²) >= 11 is 0. The summed E-state index contributed by atoms with van der Waals surface area (Å²) in [5, 5.41) is 0. The van der Waals surface area contributed by atoms with Crippen LogP contribution in [0.5, 0.6) is 0 Å². The predicted molar refractivity (Wildman–Crippen MR) is 97.3 cm³/mol. The van der Waals surface area contributed by atoms with E-state index < -0.39 is 10.0 Å². The number of methoxy groups -OCH3 is 1. The van der Waals surface area contributed by atoms with Crippen LogP contribution in [0, 0.1) is 0 Å². The molecular formula is C18H22N2O4S. The number of amides is 1. The first kappa shape index (κ1) is 19.1. The Hall–Kier alpha value is -2.22. The van der Waals surface area contributed by atoms with E-state index in [0.717, 1.165) is 5.69 Å². The van der Waals surface area contributed by atoms with Gasteiger partial charge in [0.2, 0.25) is 10.0 Å². The van der Waals surface area contributed by atoms with Gasteiger partial charge in [0, 0.05) is 38.6 Å². The maximum Gasteiger partial charge on any atom is 0.258 e. The van der Waals surface area contributed by atoms with Gasteiger partial charge in [0.05, 0.1) is 4.90 Å². The fourth-order valence-electron chi connectivity index (χ4n) is 2.25. The lowest BCUT2D eigenvalue weighted by Gasteiger charge is -2.17. The van der Waals surface area contributed by atoms with Crippen molar-refractivity contribution in [3.05, 3.63) is 60.2 Å². The van der Waals surface area contributed by atoms with E-state index in [4.69, 9.17) is 4.74 Å². The van der Waals surface area contributed by atoms with Gasteiger partial charge >= 0.3 is 0 Å². The first-order valence-electron chi connectivity index (χ1n) is 7.87. The maximum absolute atomic E-state index is 12.5. The first-order chi connectivity index (χ1) is 12.0. The molecule has 1 amide bonds. The second-order valence-electron chi connectivity index (χ2n) is 5.47. The summed E-state index contributed by atoms with van der Waals surface area (Å²) < 4.78 is 31.8. The molecule has 0 saturated heterocycles. The van der Waals surface area contributed by atoms with E-state index in [1.807, 2.05) is 30.3 Å². The summed E-state index contributed by atoms with van der Waals surface area (Å²) in [5.41, 5.74) is 1.19. The third-order valence-corrected chi connectivity index (χ3v) is 5.15. The molecule has 0 spiro atoms. The molecule has 134 valence electrons. The molecule has 0 saturated carbocycles. The van der Waals surface area contributed by atoms with Gasteiger partial charge in [0.15, 0.2) is 0 Å². The summed E-state index contributed by atoms with van der Waals surface area (Å²) in [4.78, 5) is 14.1. The van der Waals surface area contributed by atoms with Gasteiger partial charge in [-0.15, -0.1) is 0 Å². The first-order valence-corrected chi connectivity index (χ1v) is 9.36. The summed E-state index contributed by atoms with van der Waals surface area (Å²) in [6.45, 7) is 0.787. The standard InChI is InChI=1S/C18H22N2O4S/c1-20(16-7-4-3-5-8-16)18(21)15-9-11-17(12-10-15)25(22,23)19-13-6-14-24-2/h3-5,7-12,19H,6,13-14H2,1-2H3. The molecule has 1 N–H and O–H groups in total. The summed E-state index contributed by atoms with van der Waals surface area (Å²) in [5.74, 6) is -0.205. The Kier molecular flexibility index (Phi) is 6.69. The fourth-order valence-corrected chi connectivity index (χ4v) is 3.32. The zero-order valence-corrected chi connectivity index (χ0v) is 15.1. The van der Waals surface area contributed by atoms with Crippen molar-refractivity contribution < 1.29 is 17.9 Å². The third kappa shape index (κ3) is 5.12. The van der Waals surface area contributed by atoms with Gasteiger partial charge in [-0.1, -0.05) is 18.2 Å². The molecule has 25 heavy (non-hydrogen) atoms. The Morgan fingerprint density at radius 3 is 2.32 bits per heavy atom. The molecule has 0 unspecified atom stereocenters. The highest BCUT2D eigenvalue weighted by Crippen LogP contribution is 2.16. The molecule has 0 aromatic heterocycles. The molecule has 0 aliphatic rings. The smallest absolute Gasteiger partial charge is 0.258 e. The molecule has 2 aromatic carbocycles. The molecule has 6 nitrogen and oxygen atoms in total. The number of nitrogens with zero attached hydrogens (tertiary/aromatic N) is 1. The Balaban J connectivity index is 2.07. The molecule has 2 rings (SSSR count). The van der Waals surface area contributed by atoms with Crippen LogP contribution in [0.4, 0.5) is 5.69 Å². The van der Waals surface area contributed by atoms with Crippen molar-refractivity contribution in [2.45, 2.75) is 11.3 Å². The van der Waals surface area contributed by atoms with Crippen LogP contribution < -0.4 is 9.62 Å². The third-order valence-electron chi connectivity index (χ3n) is 3.68. The van der Waals surface area contributed by atoms with Crippen molar-refractivity contribution in [1.29, 1.82) is 0 Å². The number of anilines is 1. The van der Waals surface area contributed by atoms with Gasteiger partial charge < -0.3 is 9.64 Å². The Morgan fingerprint density at radius 1 is 1.08 bits per heavy atom. The number of rotatable bonds is 8. The van der Waals surface area contributed by atoms with Crippen molar-refractivity contribution in [3.8, 4) is 0 Å². The lowest BCUT2D eigenvalue weighted by molar-refractivity contribution is 0.0993. The second-order valence-corrected chi connectivity index (χ2v) is 7.24. The van der Waals surface area contributed by atoms with Gasteiger partial charge in [-0.05, 0) is 42.8 Å². The number of hydrogen-bond donors (Lipinski definition) is 1. The van der Waals surface area contributed by atoms with Crippen LogP contribution in [0.3, 0.4) is 0 Å². The lowest BCUT2D eigenvalue weighted by Crippen LogP contribution is -2.27. The van der Waals surface area contributed by atoms with Gasteiger partial charge in [0.25, 0.3) is 5.91 Å². The molecule has 0 radical (unpaired) electrons. The lowest BCUT2D eigenvalue weighted by atomic mass is 10.2. The van der Waals surface area contributed by atoms with E-state index in [9.17, 15) is 13.2 Å². The number of para-hydroxylation sites is 1. The maximum atomic E-state index is 12.5. The molecular weight excluding hydrogens is 340 g/mol. The van der Waals surface area contributed by atoms with Gasteiger partial charge in [0.1, 0.15) is 0 Å². The quantitative estimate of drug-likeness (QED) is 0.731. The molecule has 0 fully saturated rings. The van der Waals surface area contributed by atoms with E-state index in [2.05, 4.69) is 4.72 Å². The van der Waals surface area contributed by atoms with Crippen molar-refractivity contribution in [3.63, 3.8) is 0 Å². The highest BCUT2D eigenvalue weighted by atomic mass is 32.2. The van der Waals surface area contributed by atoms with E-state index in [-0.39, 0.29) is 10.8 Å². The summed E-state index contributed by atoms with van der Waals surface area (Å²) in [6.07, 6.45) is 0.591. The highest BCUT2D eigenvalue weighted by Gasteiger charge is 2.16. The van der Waals surface area contributed by atoms with Crippen LogP contribution in [-0.4, -0.2) is 41.6 Å². The SMILES string of the molecule is COCCCNS(=O)(=O)c1ccc(C(=O)N(C)c2ccccc2)cc1. The minimum Gasteiger partial charge on any atom is -0.385 e. The van der Waals surface area contributed by atoms with Crippen LogP contribution in [0.2, 0.25) is 0 Å². The van der Waals surface area contributed by atoms with Crippen molar-refractivity contribution in [2.24, 2.45) is 0 Å². The molecule has 2 aromatic rings. The number of benzene rings is 2. The Morgan fingerprint density at radius 2 is 1.72 bits per heavy atom. The van der Waals surface area contributed by atoms with Gasteiger partial charge in [-0.2, -0.15) is 0 Å². The molecule has 7 heteroatoms. The molecule has 0 aliphatic heterocycles. The highest BCUT2D eigenvalue weighted by molar-refractivity contribution is 7.89. The number of sulfonamides is 1.